The average molecular weight is 200 g/mol. The summed E-state index contributed by atoms with van der Waals surface area (Å²) < 4.78 is 0. The van der Waals surface area contributed by atoms with Crippen LogP contribution in [-0.4, -0.2) is 46.4 Å². The minimum absolute atomic E-state index is 0.186. The van der Waals surface area contributed by atoms with Crippen LogP contribution in [0, 0.1) is 0 Å². The van der Waals surface area contributed by atoms with Crippen LogP contribution in [-0.2, 0) is 14.4 Å². The molecule has 78 valence electrons. The van der Waals surface area contributed by atoms with Crippen LogP contribution in [0.5, 0.6) is 0 Å². The van der Waals surface area contributed by atoms with E-state index in [9.17, 15) is 19.5 Å². The van der Waals surface area contributed by atoms with E-state index in [-0.39, 0.29) is 13.1 Å². The number of imide groups is 1. The first-order chi connectivity index (χ1) is 6.30. The Morgan fingerprint density at radius 2 is 1.79 bits per heavy atom. The third kappa shape index (κ3) is 2.29. The summed E-state index contributed by atoms with van der Waals surface area (Å²) in [4.78, 5) is 34.3. The zero-order chi connectivity index (χ0) is 10.9. The number of hydrogen-bond acceptors (Lipinski definition) is 4. The van der Waals surface area contributed by atoms with E-state index in [1.54, 1.807) is 0 Å². The Kier molecular flexibility index (Phi) is 2.57. The minimum Gasteiger partial charge on any atom is -0.381 e. The summed E-state index contributed by atoms with van der Waals surface area (Å²) in [7, 11) is 0. The molecular weight excluding hydrogens is 188 g/mol. The van der Waals surface area contributed by atoms with Crippen LogP contribution in [0.15, 0.2) is 0 Å². The van der Waals surface area contributed by atoms with Crippen molar-refractivity contribution in [1.29, 1.82) is 0 Å². The van der Waals surface area contributed by atoms with E-state index in [2.05, 4.69) is 5.32 Å². The summed E-state index contributed by atoms with van der Waals surface area (Å²) in [6.45, 7) is 2.25. The summed E-state index contributed by atoms with van der Waals surface area (Å²) >= 11 is 0. The highest BCUT2D eigenvalue weighted by Gasteiger charge is 2.34. The molecule has 0 spiro atoms. The smallest absolute Gasteiger partial charge is 0.254 e. The van der Waals surface area contributed by atoms with Crippen LogP contribution in [0.1, 0.15) is 13.8 Å². The van der Waals surface area contributed by atoms with E-state index < -0.39 is 23.3 Å². The van der Waals surface area contributed by atoms with Crippen molar-refractivity contribution < 1.29 is 19.5 Å². The van der Waals surface area contributed by atoms with Gasteiger partial charge in [0.2, 0.25) is 11.8 Å². The van der Waals surface area contributed by atoms with E-state index >= 15 is 0 Å². The van der Waals surface area contributed by atoms with Crippen molar-refractivity contribution in [3.05, 3.63) is 0 Å². The van der Waals surface area contributed by atoms with Crippen LogP contribution in [0.2, 0.25) is 0 Å². The molecule has 0 atom stereocenters. The van der Waals surface area contributed by atoms with Gasteiger partial charge in [0, 0.05) is 0 Å². The molecule has 14 heavy (non-hydrogen) atoms. The second kappa shape index (κ2) is 3.38. The van der Waals surface area contributed by atoms with Crippen LogP contribution < -0.4 is 5.32 Å². The molecule has 2 N–H and O–H groups in total. The molecule has 1 rings (SSSR count). The van der Waals surface area contributed by atoms with Gasteiger partial charge in [0.15, 0.2) is 0 Å². The highest BCUT2D eigenvalue weighted by molar-refractivity contribution is 6.03. The van der Waals surface area contributed by atoms with Gasteiger partial charge in [0.1, 0.15) is 18.7 Å². The third-order valence-electron chi connectivity index (χ3n) is 1.76. The lowest BCUT2D eigenvalue weighted by Crippen LogP contribution is -2.57. The van der Waals surface area contributed by atoms with E-state index in [4.69, 9.17) is 0 Å². The normalized spacial score (nSPS) is 18.1. The zero-order valence-corrected chi connectivity index (χ0v) is 8.03. The van der Waals surface area contributed by atoms with E-state index in [0.717, 1.165) is 4.90 Å². The van der Waals surface area contributed by atoms with Gasteiger partial charge in [-0.2, -0.15) is 0 Å². The number of piperazine rings is 1. The van der Waals surface area contributed by atoms with Crippen molar-refractivity contribution in [3.8, 4) is 0 Å². The number of carbonyl (C=O) groups excluding carboxylic acids is 3. The monoisotopic (exact) mass is 200 g/mol. The van der Waals surface area contributed by atoms with Gasteiger partial charge in [-0.15, -0.1) is 0 Å². The lowest BCUT2D eigenvalue weighted by atomic mass is 10.1. The van der Waals surface area contributed by atoms with E-state index in [0.29, 0.717) is 0 Å². The topological polar surface area (TPSA) is 86.7 Å². The molecule has 3 amide bonds. The fraction of sp³-hybridized carbons (Fsp3) is 0.625. The first kappa shape index (κ1) is 10.6. The minimum atomic E-state index is -1.56. The largest absolute Gasteiger partial charge is 0.381 e. The Morgan fingerprint density at radius 3 is 2.14 bits per heavy atom. The molecule has 1 fully saturated rings. The standard InChI is InChI=1S/C8H12N2O4/c1-8(2,14)7(13)10-3-5(11)9-6(12)4-10/h14H,3-4H2,1-2H3,(H,9,11,12). The van der Waals surface area contributed by atoms with Crippen molar-refractivity contribution in [2.45, 2.75) is 19.4 Å². The van der Waals surface area contributed by atoms with Gasteiger partial charge in [-0.1, -0.05) is 0 Å². The molecule has 1 aliphatic heterocycles. The number of rotatable bonds is 1. The molecule has 1 aliphatic rings. The van der Waals surface area contributed by atoms with Crippen LogP contribution >= 0.6 is 0 Å². The molecule has 1 heterocycles. The zero-order valence-electron chi connectivity index (χ0n) is 8.03. The molecule has 0 radical (unpaired) electrons. The summed E-state index contributed by atoms with van der Waals surface area (Å²) in [6, 6.07) is 0. The highest BCUT2D eigenvalue weighted by Crippen LogP contribution is 2.08. The Morgan fingerprint density at radius 1 is 1.36 bits per heavy atom. The molecule has 6 heteroatoms. The van der Waals surface area contributed by atoms with Gasteiger partial charge in [0.05, 0.1) is 0 Å². The molecule has 0 aromatic carbocycles. The summed E-state index contributed by atoms with van der Waals surface area (Å²) in [5.41, 5.74) is -1.56. The maximum Gasteiger partial charge on any atom is 0.254 e. The van der Waals surface area contributed by atoms with Crippen molar-refractivity contribution in [2.75, 3.05) is 13.1 Å². The first-order valence-corrected chi connectivity index (χ1v) is 4.15. The average Bonchev–Trinajstić information content (AvgIpc) is 1.99. The molecule has 1 saturated heterocycles. The van der Waals surface area contributed by atoms with Gasteiger partial charge >= 0.3 is 0 Å². The molecule has 0 saturated carbocycles. The van der Waals surface area contributed by atoms with Gasteiger partial charge in [-0.25, -0.2) is 0 Å². The molecule has 0 aliphatic carbocycles. The van der Waals surface area contributed by atoms with E-state index in [1.807, 2.05) is 0 Å². The molecule has 6 nitrogen and oxygen atoms in total. The van der Waals surface area contributed by atoms with Crippen molar-refractivity contribution in [3.63, 3.8) is 0 Å². The SMILES string of the molecule is CC(C)(O)C(=O)N1CC(=O)NC(=O)C1. The van der Waals surface area contributed by atoms with Gasteiger partial charge in [-0.05, 0) is 13.8 Å². The lowest BCUT2D eigenvalue weighted by Gasteiger charge is -2.30. The number of amides is 3. The number of nitrogens with one attached hydrogen (secondary N) is 1. The summed E-state index contributed by atoms with van der Waals surface area (Å²) in [5.74, 6) is -1.68. The van der Waals surface area contributed by atoms with Gasteiger partial charge in [0.25, 0.3) is 5.91 Å². The number of nitrogens with zero attached hydrogens (tertiary/aromatic N) is 1. The third-order valence-corrected chi connectivity index (χ3v) is 1.76. The number of aliphatic hydroxyl groups is 1. The second-order valence-corrected chi connectivity index (χ2v) is 3.69. The van der Waals surface area contributed by atoms with Crippen LogP contribution in [0.25, 0.3) is 0 Å². The molecule has 0 unspecified atom stereocenters. The summed E-state index contributed by atoms with van der Waals surface area (Å²) in [5, 5.41) is 11.4. The van der Waals surface area contributed by atoms with Crippen molar-refractivity contribution in [1.82, 2.24) is 10.2 Å². The van der Waals surface area contributed by atoms with E-state index in [1.165, 1.54) is 13.8 Å². The summed E-state index contributed by atoms with van der Waals surface area (Å²) in [6.07, 6.45) is 0. The van der Waals surface area contributed by atoms with Gasteiger partial charge in [-0.3, -0.25) is 19.7 Å². The predicted molar refractivity (Wildman–Crippen MR) is 46.0 cm³/mol. The highest BCUT2D eigenvalue weighted by atomic mass is 16.3. The Hall–Kier alpha value is -1.43. The second-order valence-electron chi connectivity index (χ2n) is 3.69. The number of hydrogen-bond donors (Lipinski definition) is 2. The van der Waals surface area contributed by atoms with Crippen LogP contribution in [0.4, 0.5) is 0 Å². The molecular formula is C8H12N2O4. The molecule has 0 bridgehead atoms. The lowest BCUT2D eigenvalue weighted by molar-refractivity contribution is -0.155. The van der Waals surface area contributed by atoms with Crippen molar-refractivity contribution in [2.24, 2.45) is 0 Å². The maximum absolute atomic E-state index is 11.5. The number of carbonyl (C=O) groups is 3. The Balaban J connectivity index is 2.74. The first-order valence-electron chi connectivity index (χ1n) is 4.15. The maximum atomic E-state index is 11.5. The molecule has 0 aromatic heterocycles. The predicted octanol–water partition coefficient (Wildman–Crippen LogP) is -1.76. The fourth-order valence-corrected chi connectivity index (χ4v) is 1.17. The molecule has 0 aromatic rings. The quantitative estimate of drug-likeness (QED) is 0.491. The fourth-order valence-electron chi connectivity index (χ4n) is 1.17. The van der Waals surface area contributed by atoms with Gasteiger partial charge < -0.3 is 10.0 Å². The Labute approximate surface area is 80.9 Å². The Bertz CT molecular complexity index is 276. The van der Waals surface area contributed by atoms with Crippen LogP contribution in [0.3, 0.4) is 0 Å². The van der Waals surface area contributed by atoms with Crippen molar-refractivity contribution >= 4 is 17.7 Å².